The molecule has 10 heteroatoms. The number of esters is 1. The van der Waals surface area contributed by atoms with Crippen molar-refractivity contribution in [1.29, 1.82) is 0 Å². The highest BCUT2D eigenvalue weighted by atomic mass is 16.5. The van der Waals surface area contributed by atoms with Gasteiger partial charge in [0.05, 0.1) is 33.6 Å². The van der Waals surface area contributed by atoms with Crippen molar-refractivity contribution in [3.63, 3.8) is 0 Å². The van der Waals surface area contributed by atoms with Gasteiger partial charge in [0.1, 0.15) is 22.7 Å². The number of benzene rings is 1. The molecule has 2 amide bonds. The van der Waals surface area contributed by atoms with E-state index in [0.29, 0.717) is 17.2 Å². The van der Waals surface area contributed by atoms with E-state index in [0.717, 1.165) is 38.5 Å². The molecule has 1 aromatic carbocycles. The Kier molecular flexibility index (Phi) is 7.51. The predicted octanol–water partition coefficient (Wildman–Crippen LogP) is 3.34. The first-order valence-electron chi connectivity index (χ1n) is 12.4. The SMILES string of the molecule is COC(=O)c1cc2n(n1)CC(C)(C(=O)NC1CCCCCCC1)N(c1cc(OC)cc(OC)c1)C2=O. The lowest BCUT2D eigenvalue weighted by Crippen LogP contribution is -2.65. The summed E-state index contributed by atoms with van der Waals surface area (Å²) in [4.78, 5) is 41.4. The molecule has 2 heterocycles. The third-order valence-corrected chi connectivity index (χ3v) is 7.07. The van der Waals surface area contributed by atoms with Crippen molar-refractivity contribution in [2.45, 2.75) is 70.0 Å². The molecule has 1 aliphatic heterocycles. The molecule has 2 aliphatic rings. The molecule has 0 spiro atoms. The predicted molar refractivity (Wildman–Crippen MR) is 133 cm³/mol. The molecule has 10 nitrogen and oxygen atoms in total. The summed E-state index contributed by atoms with van der Waals surface area (Å²) in [6.07, 6.45) is 7.47. The highest BCUT2D eigenvalue weighted by Crippen LogP contribution is 2.37. The second-order valence-electron chi connectivity index (χ2n) is 9.56. The van der Waals surface area contributed by atoms with Crippen LogP contribution in [0.3, 0.4) is 0 Å². The Bertz CT molecular complexity index is 1120. The average molecular weight is 499 g/mol. The second kappa shape index (κ2) is 10.6. The lowest BCUT2D eigenvalue weighted by molar-refractivity contribution is -0.127. The number of hydrogen-bond acceptors (Lipinski definition) is 7. The van der Waals surface area contributed by atoms with Crippen molar-refractivity contribution in [1.82, 2.24) is 15.1 Å². The molecule has 36 heavy (non-hydrogen) atoms. The number of hydrogen-bond donors (Lipinski definition) is 1. The van der Waals surface area contributed by atoms with Crippen molar-refractivity contribution < 1.29 is 28.6 Å². The summed E-state index contributed by atoms with van der Waals surface area (Å²) in [7, 11) is 4.30. The number of fused-ring (bicyclic) bond motifs is 1. The normalized spacial score (nSPS) is 20.7. The van der Waals surface area contributed by atoms with Crippen molar-refractivity contribution in [2.75, 3.05) is 26.2 Å². The van der Waals surface area contributed by atoms with E-state index in [1.54, 1.807) is 25.1 Å². The number of ether oxygens (including phenoxy) is 3. The van der Waals surface area contributed by atoms with Crippen molar-refractivity contribution in [3.8, 4) is 11.5 Å². The molecule has 1 aliphatic carbocycles. The average Bonchev–Trinajstić information content (AvgIpc) is 3.28. The fourth-order valence-corrected chi connectivity index (χ4v) is 5.05. The van der Waals surface area contributed by atoms with Gasteiger partial charge in [-0.1, -0.05) is 32.1 Å². The minimum absolute atomic E-state index is 0.00805. The summed E-state index contributed by atoms with van der Waals surface area (Å²) in [6, 6.07) is 6.51. The van der Waals surface area contributed by atoms with Crippen LogP contribution in [0.1, 0.15) is 72.8 Å². The first kappa shape index (κ1) is 25.5. The van der Waals surface area contributed by atoms with Gasteiger partial charge in [-0.3, -0.25) is 19.2 Å². The van der Waals surface area contributed by atoms with Gasteiger partial charge in [0.2, 0.25) is 5.91 Å². The van der Waals surface area contributed by atoms with Gasteiger partial charge < -0.3 is 19.5 Å². The summed E-state index contributed by atoms with van der Waals surface area (Å²) < 4.78 is 17.1. The third kappa shape index (κ3) is 4.89. The van der Waals surface area contributed by atoms with Gasteiger partial charge in [0, 0.05) is 30.3 Å². The monoisotopic (exact) mass is 498 g/mol. The van der Waals surface area contributed by atoms with Crippen LogP contribution >= 0.6 is 0 Å². The Morgan fingerprint density at radius 2 is 1.58 bits per heavy atom. The van der Waals surface area contributed by atoms with E-state index in [9.17, 15) is 14.4 Å². The van der Waals surface area contributed by atoms with Crippen molar-refractivity contribution in [2.24, 2.45) is 0 Å². The first-order chi connectivity index (χ1) is 17.3. The van der Waals surface area contributed by atoms with E-state index < -0.39 is 17.4 Å². The number of carbonyl (C=O) groups is 3. The van der Waals surface area contributed by atoms with Crippen molar-refractivity contribution in [3.05, 3.63) is 35.7 Å². The van der Waals surface area contributed by atoms with Gasteiger partial charge in [-0.05, 0) is 19.8 Å². The van der Waals surface area contributed by atoms with Crippen molar-refractivity contribution >= 4 is 23.5 Å². The van der Waals surface area contributed by atoms with E-state index in [4.69, 9.17) is 14.2 Å². The van der Waals surface area contributed by atoms with Gasteiger partial charge in [-0.15, -0.1) is 0 Å². The van der Waals surface area contributed by atoms with Gasteiger partial charge in [0.25, 0.3) is 5.91 Å². The zero-order valence-corrected chi connectivity index (χ0v) is 21.3. The number of amides is 2. The molecule has 1 N–H and O–H groups in total. The summed E-state index contributed by atoms with van der Waals surface area (Å²) in [5.74, 6) is -0.429. The van der Waals surface area contributed by atoms with Crippen LogP contribution in [0.15, 0.2) is 24.3 Å². The second-order valence-corrected chi connectivity index (χ2v) is 9.56. The Labute approximate surface area is 210 Å². The molecular weight excluding hydrogens is 464 g/mol. The fourth-order valence-electron chi connectivity index (χ4n) is 5.05. The van der Waals surface area contributed by atoms with Gasteiger partial charge in [0.15, 0.2) is 5.69 Å². The molecule has 1 saturated carbocycles. The Balaban J connectivity index is 1.77. The molecule has 1 atom stereocenters. The number of rotatable bonds is 6. The molecule has 0 bridgehead atoms. The summed E-state index contributed by atoms with van der Waals surface area (Å²) in [5, 5.41) is 7.50. The Morgan fingerprint density at radius 1 is 0.972 bits per heavy atom. The third-order valence-electron chi connectivity index (χ3n) is 7.07. The van der Waals surface area contributed by atoms with Gasteiger partial charge >= 0.3 is 5.97 Å². The van der Waals surface area contributed by atoms with Crippen LogP contribution in [-0.4, -0.2) is 60.5 Å². The minimum Gasteiger partial charge on any atom is -0.497 e. The molecule has 1 aromatic heterocycles. The molecule has 2 aromatic rings. The standard InChI is InChI=1S/C26H34N4O6/c1-26(25(33)27-17-10-8-6-5-7-9-11-17)16-29-22(15-21(28-29)24(32)36-4)23(31)30(26)18-12-19(34-2)14-20(13-18)35-3/h12-15,17H,5-11,16H2,1-4H3,(H,27,33). The number of anilines is 1. The minimum atomic E-state index is -1.33. The van der Waals surface area contributed by atoms with E-state index in [1.807, 2.05) is 0 Å². The fraction of sp³-hybridized carbons (Fsp3) is 0.538. The van der Waals surface area contributed by atoms with E-state index in [1.165, 1.54) is 43.4 Å². The molecule has 0 saturated heterocycles. The van der Waals surface area contributed by atoms with E-state index in [-0.39, 0.29) is 29.9 Å². The maximum Gasteiger partial charge on any atom is 0.358 e. The number of nitrogens with one attached hydrogen (secondary N) is 1. The molecule has 1 unspecified atom stereocenters. The lowest BCUT2D eigenvalue weighted by Gasteiger charge is -2.44. The van der Waals surface area contributed by atoms with Crippen LogP contribution in [0.4, 0.5) is 5.69 Å². The first-order valence-corrected chi connectivity index (χ1v) is 12.4. The molecule has 4 rings (SSSR count). The number of methoxy groups -OCH3 is 3. The zero-order valence-electron chi connectivity index (χ0n) is 21.3. The lowest BCUT2D eigenvalue weighted by atomic mass is 9.91. The maximum atomic E-state index is 13.9. The molecular formula is C26H34N4O6. The smallest absolute Gasteiger partial charge is 0.358 e. The highest BCUT2D eigenvalue weighted by Gasteiger charge is 2.49. The highest BCUT2D eigenvalue weighted by molar-refractivity contribution is 6.12. The van der Waals surface area contributed by atoms with Crippen LogP contribution in [0, 0.1) is 0 Å². The zero-order chi connectivity index (χ0) is 25.9. The van der Waals surface area contributed by atoms with Crippen LogP contribution in [0.25, 0.3) is 0 Å². The van der Waals surface area contributed by atoms with E-state index in [2.05, 4.69) is 10.4 Å². The summed E-state index contributed by atoms with van der Waals surface area (Å²) in [6.45, 7) is 1.78. The topological polar surface area (TPSA) is 112 Å². The number of carbonyl (C=O) groups excluding carboxylic acids is 3. The number of nitrogens with zero attached hydrogens (tertiary/aromatic N) is 3. The van der Waals surface area contributed by atoms with Crippen LogP contribution in [-0.2, 0) is 16.1 Å². The Morgan fingerprint density at radius 3 is 2.17 bits per heavy atom. The van der Waals surface area contributed by atoms with Crippen LogP contribution in [0.5, 0.6) is 11.5 Å². The summed E-state index contributed by atoms with van der Waals surface area (Å²) in [5.41, 5.74) is -0.691. The van der Waals surface area contributed by atoms with Gasteiger partial charge in [-0.2, -0.15) is 5.10 Å². The van der Waals surface area contributed by atoms with Crippen LogP contribution in [0.2, 0.25) is 0 Å². The largest absolute Gasteiger partial charge is 0.497 e. The molecule has 194 valence electrons. The molecule has 0 radical (unpaired) electrons. The van der Waals surface area contributed by atoms with E-state index >= 15 is 0 Å². The van der Waals surface area contributed by atoms with Gasteiger partial charge in [-0.25, -0.2) is 4.79 Å². The molecule has 1 fully saturated rings. The quantitative estimate of drug-likeness (QED) is 0.608. The Hall–Kier alpha value is -3.56. The summed E-state index contributed by atoms with van der Waals surface area (Å²) >= 11 is 0. The maximum absolute atomic E-state index is 13.9. The van der Waals surface area contributed by atoms with Crippen LogP contribution < -0.4 is 19.7 Å². The number of aromatic nitrogens is 2.